The minimum Gasteiger partial charge on any atom is -0.466 e. The molecule has 4 rings (SSSR count). The van der Waals surface area contributed by atoms with E-state index in [9.17, 15) is 14.4 Å². The van der Waals surface area contributed by atoms with Crippen molar-refractivity contribution in [2.75, 3.05) is 44.7 Å². The number of hydrogen-bond donors (Lipinski definition) is 2. The van der Waals surface area contributed by atoms with E-state index in [0.717, 1.165) is 31.9 Å². The molecule has 1 saturated heterocycles. The van der Waals surface area contributed by atoms with Gasteiger partial charge in [0.05, 0.1) is 18.7 Å². The summed E-state index contributed by atoms with van der Waals surface area (Å²) in [4.78, 5) is 41.2. The Morgan fingerprint density at radius 2 is 1.79 bits per heavy atom. The number of Topliss-reactive ketones (excluding diaryl/α,β-unsaturated/α-hetero) is 1. The van der Waals surface area contributed by atoms with E-state index in [1.54, 1.807) is 25.1 Å². The minimum absolute atomic E-state index is 0.0474. The summed E-state index contributed by atoms with van der Waals surface area (Å²) in [6, 6.07) is 13.7. The average Bonchev–Trinajstić information content (AvgIpc) is 2.84. The van der Waals surface area contributed by atoms with E-state index in [2.05, 4.69) is 20.4 Å². The van der Waals surface area contributed by atoms with Crippen LogP contribution < -0.4 is 15.5 Å². The van der Waals surface area contributed by atoms with E-state index in [1.807, 2.05) is 30.3 Å². The first kappa shape index (κ1) is 23.8. The van der Waals surface area contributed by atoms with Gasteiger partial charge in [-0.05, 0) is 48.9 Å². The lowest BCUT2D eigenvalue weighted by Crippen LogP contribution is -2.51. The second-order valence-electron chi connectivity index (χ2n) is 8.34. The maximum atomic E-state index is 12.8. The summed E-state index contributed by atoms with van der Waals surface area (Å²) in [6.07, 6.45) is 0. The normalized spacial score (nSPS) is 18.9. The molecule has 0 aliphatic carbocycles. The number of carbonyl (C=O) groups is 3. The van der Waals surface area contributed by atoms with E-state index in [4.69, 9.17) is 16.3 Å². The number of ether oxygens (including phenoxy) is 1. The van der Waals surface area contributed by atoms with Gasteiger partial charge in [0.25, 0.3) is 0 Å². The number of halogens is 1. The second kappa shape index (κ2) is 10.3. The first-order valence-electron chi connectivity index (χ1n) is 11.1. The molecule has 34 heavy (non-hydrogen) atoms. The van der Waals surface area contributed by atoms with Gasteiger partial charge in [0.1, 0.15) is 0 Å². The molecule has 2 heterocycles. The van der Waals surface area contributed by atoms with Crippen molar-refractivity contribution in [3.8, 4) is 0 Å². The van der Waals surface area contributed by atoms with Crippen molar-refractivity contribution in [2.45, 2.75) is 13.0 Å². The Balaban J connectivity index is 1.51. The van der Waals surface area contributed by atoms with Crippen molar-refractivity contribution in [3.63, 3.8) is 0 Å². The van der Waals surface area contributed by atoms with Gasteiger partial charge in [-0.15, -0.1) is 0 Å². The topological polar surface area (TPSA) is 91.0 Å². The molecule has 1 atom stereocenters. The zero-order valence-corrected chi connectivity index (χ0v) is 19.9. The Bertz CT molecular complexity index is 1120. The van der Waals surface area contributed by atoms with Gasteiger partial charge in [0.15, 0.2) is 5.78 Å². The largest absolute Gasteiger partial charge is 0.466 e. The number of carbonyl (C=O) groups excluding carboxylic acids is 3. The van der Waals surface area contributed by atoms with Crippen LogP contribution in [0.5, 0.6) is 0 Å². The third-order valence-electron chi connectivity index (χ3n) is 6.13. The van der Waals surface area contributed by atoms with Gasteiger partial charge in [-0.2, -0.15) is 0 Å². The third kappa shape index (κ3) is 5.24. The molecule has 0 unspecified atom stereocenters. The molecule has 2 aliphatic rings. The zero-order chi connectivity index (χ0) is 24.2. The van der Waals surface area contributed by atoms with Gasteiger partial charge >= 0.3 is 12.0 Å². The first-order valence-corrected chi connectivity index (χ1v) is 11.5. The Morgan fingerprint density at radius 3 is 2.41 bits per heavy atom. The molecule has 0 spiro atoms. The highest BCUT2D eigenvalue weighted by Crippen LogP contribution is 2.29. The highest BCUT2D eigenvalue weighted by Gasteiger charge is 2.34. The molecule has 178 valence electrons. The number of esters is 1. The number of rotatable bonds is 6. The number of benzene rings is 2. The smallest absolute Gasteiger partial charge is 0.338 e. The van der Waals surface area contributed by atoms with Crippen LogP contribution in [0.15, 0.2) is 59.8 Å². The van der Waals surface area contributed by atoms with Crippen molar-refractivity contribution in [1.82, 2.24) is 15.5 Å². The van der Waals surface area contributed by atoms with Gasteiger partial charge in [-0.3, -0.25) is 9.69 Å². The van der Waals surface area contributed by atoms with Crippen LogP contribution in [0.2, 0.25) is 5.02 Å². The van der Waals surface area contributed by atoms with E-state index in [-0.39, 0.29) is 11.8 Å². The van der Waals surface area contributed by atoms with Crippen molar-refractivity contribution in [1.29, 1.82) is 0 Å². The zero-order valence-electron chi connectivity index (χ0n) is 19.1. The van der Waals surface area contributed by atoms with E-state index in [0.29, 0.717) is 34.0 Å². The number of piperazine rings is 1. The lowest BCUT2D eigenvalue weighted by Gasteiger charge is -2.38. The monoisotopic (exact) mass is 482 g/mol. The van der Waals surface area contributed by atoms with Crippen molar-refractivity contribution >= 4 is 35.1 Å². The molecule has 0 saturated carbocycles. The fraction of sp³-hybridized carbons (Fsp3) is 0.320. The number of amides is 2. The second-order valence-corrected chi connectivity index (χ2v) is 8.77. The predicted octanol–water partition coefficient (Wildman–Crippen LogP) is 3.15. The van der Waals surface area contributed by atoms with Crippen molar-refractivity contribution in [2.24, 2.45) is 0 Å². The molecule has 2 aromatic carbocycles. The van der Waals surface area contributed by atoms with Crippen LogP contribution in [0.25, 0.3) is 0 Å². The van der Waals surface area contributed by atoms with E-state index in [1.165, 1.54) is 7.11 Å². The van der Waals surface area contributed by atoms with Crippen molar-refractivity contribution < 1.29 is 19.1 Å². The van der Waals surface area contributed by atoms with Gasteiger partial charge in [-0.25, -0.2) is 9.59 Å². The molecule has 1 fully saturated rings. The average molecular weight is 483 g/mol. The number of nitrogens with zero attached hydrogens (tertiary/aromatic N) is 2. The van der Waals surface area contributed by atoms with Gasteiger partial charge in [-0.1, -0.05) is 23.7 Å². The quantitative estimate of drug-likeness (QED) is 0.485. The lowest BCUT2D eigenvalue weighted by atomic mass is 9.95. The van der Waals surface area contributed by atoms with Gasteiger partial charge < -0.3 is 20.3 Å². The molecule has 0 aromatic heterocycles. The van der Waals surface area contributed by atoms with Crippen LogP contribution in [0.3, 0.4) is 0 Å². The molecule has 2 aliphatic heterocycles. The molecule has 8 nitrogen and oxygen atoms in total. The summed E-state index contributed by atoms with van der Waals surface area (Å²) in [5.41, 5.74) is 3.36. The van der Waals surface area contributed by atoms with Crippen LogP contribution in [0, 0.1) is 0 Å². The van der Waals surface area contributed by atoms with Crippen LogP contribution in [-0.4, -0.2) is 62.5 Å². The third-order valence-corrected chi connectivity index (χ3v) is 6.37. The van der Waals surface area contributed by atoms with E-state index < -0.39 is 12.0 Å². The minimum atomic E-state index is -0.657. The summed E-state index contributed by atoms with van der Waals surface area (Å²) < 4.78 is 5.06. The molecule has 9 heteroatoms. The Hall–Kier alpha value is -3.36. The highest BCUT2D eigenvalue weighted by atomic mass is 35.5. The number of hydrogen-bond acceptors (Lipinski definition) is 6. The Labute approximate surface area is 203 Å². The van der Waals surface area contributed by atoms with Crippen LogP contribution in [-0.2, 0) is 9.53 Å². The van der Waals surface area contributed by atoms with E-state index >= 15 is 0 Å². The fourth-order valence-corrected chi connectivity index (χ4v) is 4.52. The number of urea groups is 1. The molecular weight excluding hydrogens is 456 g/mol. The summed E-state index contributed by atoms with van der Waals surface area (Å²) >= 11 is 6.15. The molecule has 2 aromatic rings. The van der Waals surface area contributed by atoms with Crippen LogP contribution in [0.4, 0.5) is 10.5 Å². The maximum absolute atomic E-state index is 12.8. The summed E-state index contributed by atoms with van der Waals surface area (Å²) in [6.45, 7) is 5.02. The van der Waals surface area contributed by atoms with Crippen LogP contribution >= 0.6 is 11.6 Å². The molecule has 0 radical (unpaired) electrons. The van der Waals surface area contributed by atoms with Gasteiger partial charge in [0.2, 0.25) is 0 Å². The Morgan fingerprint density at radius 1 is 1.09 bits per heavy atom. The summed E-state index contributed by atoms with van der Waals surface area (Å²) in [5.74, 6) is -0.456. The number of ketones is 1. The molecule has 2 amide bonds. The summed E-state index contributed by atoms with van der Waals surface area (Å²) in [5, 5.41) is 6.14. The lowest BCUT2D eigenvalue weighted by molar-refractivity contribution is -0.136. The van der Waals surface area contributed by atoms with Crippen molar-refractivity contribution in [3.05, 3.63) is 76.0 Å². The maximum Gasteiger partial charge on any atom is 0.338 e. The predicted molar refractivity (Wildman–Crippen MR) is 130 cm³/mol. The molecular formula is C25H27ClN4O4. The van der Waals surface area contributed by atoms with Crippen LogP contribution in [0.1, 0.15) is 28.9 Å². The first-order chi connectivity index (χ1) is 16.4. The SMILES string of the molecule is COC(=O)C1=C(CN2CCN(c3ccc(C(C)=O)cc3)CC2)NC(=O)N[C@H]1c1cccc(Cl)c1. The summed E-state index contributed by atoms with van der Waals surface area (Å²) in [7, 11) is 1.33. The molecule has 0 bridgehead atoms. The molecule has 2 N–H and O–H groups in total. The Kier molecular flexibility index (Phi) is 7.19. The standard InChI is InChI=1S/C25H27ClN4O4/c1-16(31)17-6-8-20(9-7-17)30-12-10-29(11-13-30)15-21-22(24(32)34-2)23(28-25(33)27-21)18-4-3-5-19(26)14-18/h3-9,14,23H,10-13,15H2,1-2H3,(H2,27,28,33)/t23-/m0/s1. The highest BCUT2D eigenvalue weighted by molar-refractivity contribution is 6.30. The van der Waals surface area contributed by atoms with Gasteiger partial charge in [0, 0.05) is 54.7 Å². The number of methoxy groups -OCH3 is 1. The fourth-order valence-electron chi connectivity index (χ4n) is 4.32. The number of nitrogens with one attached hydrogen (secondary N) is 2. The number of anilines is 1.